The van der Waals surface area contributed by atoms with E-state index in [9.17, 15) is 32.8 Å². The molecule has 1 unspecified atom stereocenters. The summed E-state index contributed by atoms with van der Waals surface area (Å²) in [5.74, 6) is -2.28. The number of fused-ring (bicyclic) bond motifs is 1. The molecule has 14 nitrogen and oxygen atoms in total. The van der Waals surface area contributed by atoms with Crippen molar-refractivity contribution in [2.75, 3.05) is 16.5 Å². The van der Waals surface area contributed by atoms with Gasteiger partial charge in [-0.25, -0.2) is 5.01 Å². The molecule has 0 aromatic heterocycles. The third-order valence-electron chi connectivity index (χ3n) is 5.26. The van der Waals surface area contributed by atoms with E-state index in [1.54, 1.807) is 0 Å². The van der Waals surface area contributed by atoms with Crippen LogP contribution in [0.15, 0.2) is 78.1 Å². The zero-order chi connectivity index (χ0) is 27.8. The molecule has 4 rings (SSSR count). The van der Waals surface area contributed by atoms with Gasteiger partial charge >= 0.3 is 59.1 Å². The van der Waals surface area contributed by atoms with Crippen molar-refractivity contribution in [1.82, 2.24) is 5.01 Å². The van der Waals surface area contributed by atoms with Crippen LogP contribution < -0.4 is 79.2 Å². The third-order valence-corrected chi connectivity index (χ3v) is 6.95. The number of nitrogens with zero attached hydrogens (tertiary/aromatic N) is 7. The predicted molar refractivity (Wildman–Crippen MR) is 133 cm³/mol. The predicted octanol–water partition coefficient (Wildman–Crippen LogP) is -4.77. The van der Waals surface area contributed by atoms with Gasteiger partial charge in [-0.05, 0) is 37.3 Å². The van der Waals surface area contributed by atoms with Gasteiger partial charge in [0.15, 0.2) is 16.4 Å². The molecule has 0 saturated heterocycles. The fourth-order valence-corrected chi connectivity index (χ4v) is 4.82. The maximum Gasteiger partial charge on any atom is 1.00 e. The molecule has 2 aromatic rings. The summed E-state index contributed by atoms with van der Waals surface area (Å²) in [4.78, 5) is 27.8. The number of hydrazone groups is 1. The molecule has 0 fully saturated rings. The van der Waals surface area contributed by atoms with Crippen molar-refractivity contribution in [3.05, 3.63) is 52.8 Å². The summed E-state index contributed by atoms with van der Waals surface area (Å²) in [6.07, 6.45) is 0.301. The van der Waals surface area contributed by atoms with E-state index in [-0.39, 0.29) is 97.9 Å². The summed E-state index contributed by atoms with van der Waals surface area (Å²) in [5, 5.41) is 34.9. The second-order valence-corrected chi connectivity index (χ2v) is 9.80. The fourth-order valence-electron chi connectivity index (χ4n) is 3.67. The number of carbonyl (C=O) groups excluding carboxylic acids is 2. The average Bonchev–Trinajstić information content (AvgIpc) is 3.11. The first-order valence-electron chi connectivity index (χ1n) is 10.4. The summed E-state index contributed by atoms with van der Waals surface area (Å²) in [6, 6.07) is 8.40. The Labute approximate surface area is 282 Å². The van der Waals surface area contributed by atoms with E-state index in [1.165, 1.54) is 48.2 Å². The van der Waals surface area contributed by atoms with Crippen molar-refractivity contribution in [2.45, 2.75) is 17.9 Å². The van der Waals surface area contributed by atoms with Crippen molar-refractivity contribution < 1.29 is 91.9 Å². The SMILES string of the molecule is CC1=NN(CC(=O)[O-])C(=O)C1N=NN1C(Cl)=C(Cl)N(c2ccccc2S(=O)(=O)O)c2cc(N=C[O-])ccc21.[Na+].[Na+]. The molecule has 0 saturated carbocycles. The van der Waals surface area contributed by atoms with E-state index in [0.717, 1.165) is 11.1 Å². The van der Waals surface area contributed by atoms with Crippen LogP contribution in [0.3, 0.4) is 0 Å². The largest absolute Gasteiger partial charge is 1.00 e. The number of anilines is 3. The normalized spacial score (nSPS) is 17.2. The van der Waals surface area contributed by atoms with Gasteiger partial charge in [0.05, 0.1) is 41.0 Å². The number of carboxylic acids is 1. The zero-order valence-corrected chi connectivity index (χ0v) is 27.4. The van der Waals surface area contributed by atoms with Crippen molar-refractivity contribution in [2.24, 2.45) is 20.4 Å². The molecule has 0 radical (unpaired) electrons. The third kappa shape index (κ3) is 6.87. The van der Waals surface area contributed by atoms with Gasteiger partial charge in [-0.3, -0.25) is 19.2 Å². The number of benzene rings is 2. The minimum atomic E-state index is -4.71. The molecule has 1 amide bonds. The Morgan fingerprint density at radius 1 is 1.12 bits per heavy atom. The first kappa shape index (κ1) is 34.2. The van der Waals surface area contributed by atoms with Crippen LogP contribution in [0.25, 0.3) is 0 Å². The van der Waals surface area contributed by atoms with E-state index in [2.05, 4.69) is 20.4 Å². The van der Waals surface area contributed by atoms with Gasteiger partial charge in [-0.2, -0.15) is 23.6 Å². The summed E-state index contributed by atoms with van der Waals surface area (Å²) < 4.78 is 33.9. The first-order valence-corrected chi connectivity index (χ1v) is 12.6. The van der Waals surface area contributed by atoms with E-state index in [0.29, 0.717) is 11.4 Å². The topological polar surface area (TPSA) is 194 Å². The molecule has 0 spiro atoms. The molecular weight excluding hydrogens is 611 g/mol. The van der Waals surface area contributed by atoms with Crippen LogP contribution in [0, 0.1) is 0 Å². The number of hydrogen-bond acceptors (Lipinski definition) is 11. The minimum Gasteiger partial charge on any atom is -0.864 e. The van der Waals surface area contributed by atoms with Crippen LogP contribution in [0.4, 0.5) is 22.7 Å². The molecule has 19 heteroatoms. The number of halogens is 2. The van der Waals surface area contributed by atoms with Gasteiger partial charge < -0.3 is 15.0 Å². The Bertz CT molecular complexity index is 1570. The number of para-hydroxylation sites is 1. The van der Waals surface area contributed by atoms with Crippen LogP contribution >= 0.6 is 23.2 Å². The van der Waals surface area contributed by atoms with Crippen LogP contribution in [0.1, 0.15) is 6.92 Å². The zero-order valence-electron chi connectivity index (χ0n) is 21.1. The van der Waals surface area contributed by atoms with Crippen molar-refractivity contribution in [3.8, 4) is 0 Å². The van der Waals surface area contributed by atoms with Crippen molar-refractivity contribution in [1.29, 1.82) is 0 Å². The number of carbonyl (C=O) groups is 2. The molecule has 2 aliphatic rings. The molecule has 1 N–H and O–H groups in total. The number of carboxylic acid groups (broad SMARTS) is 1. The van der Waals surface area contributed by atoms with Gasteiger partial charge in [-0.15, -0.1) is 0 Å². The Kier molecular flexibility index (Phi) is 11.7. The Balaban J connectivity index is 0.00000280. The quantitative estimate of drug-likeness (QED) is 0.0785. The van der Waals surface area contributed by atoms with Gasteiger partial charge in [-0.1, -0.05) is 47.0 Å². The van der Waals surface area contributed by atoms with Gasteiger partial charge in [0, 0.05) is 0 Å². The molecule has 198 valence electrons. The van der Waals surface area contributed by atoms with Crippen LogP contribution in [0.2, 0.25) is 0 Å². The number of rotatable bonds is 7. The smallest absolute Gasteiger partial charge is 0.864 e. The van der Waals surface area contributed by atoms with Crippen LogP contribution in [-0.4, -0.2) is 54.6 Å². The van der Waals surface area contributed by atoms with E-state index < -0.39 is 39.5 Å². The van der Waals surface area contributed by atoms with Crippen LogP contribution in [0.5, 0.6) is 0 Å². The number of aliphatic imine (C=N–C) groups is 1. The maximum atomic E-state index is 12.5. The Hall–Kier alpha value is -2.05. The molecule has 1 atom stereocenters. The molecular formula is C21H15Cl2N7Na2O7S. The van der Waals surface area contributed by atoms with E-state index in [1.807, 2.05) is 0 Å². The van der Waals surface area contributed by atoms with E-state index in [4.69, 9.17) is 23.2 Å². The number of amides is 1. The minimum absolute atomic E-state index is 0. The van der Waals surface area contributed by atoms with Gasteiger partial charge in [0.2, 0.25) is 0 Å². The second-order valence-electron chi connectivity index (χ2n) is 7.70. The van der Waals surface area contributed by atoms with E-state index >= 15 is 0 Å². The summed E-state index contributed by atoms with van der Waals surface area (Å²) in [7, 11) is -4.71. The molecule has 2 aromatic carbocycles. The standard InChI is InChI=1S/C21H17Cl2N7O7S.2Na/c1-11-18(21(34)28(26-11)9-17(32)33)25-27-30-13-7-6-12(24-10-31)8-15(13)29(19(22)20(30)23)14-4-2-3-5-16(14)38(35,36)37;;/h2-8,10,18H,9H2,1H3,(H,24,31)(H,32,33)(H,35,36,37);;/q;2*+1/p-2. The second kappa shape index (κ2) is 13.7. The summed E-state index contributed by atoms with van der Waals surface area (Å²) in [5.41, 5.74) is 0.557. The van der Waals surface area contributed by atoms with Gasteiger partial charge in [0.1, 0.15) is 4.90 Å². The molecule has 0 bridgehead atoms. The fraction of sp³-hybridized carbons (Fsp3) is 0.143. The van der Waals surface area contributed by atoms with Crippen molar-refractivity contribution in [3.63, 3.8) is 0 Å². The summed E-state index contributed by atoms with van der Waals surface area (Å²) in [6.45, 7) is 0.680. The summed E-state index contributed by atoms with van der Waals surface area (Å²) >= 11 is 13.1. The average molecular weight is 626 g/mol. The van der Waals surface area contributed by atoms with Crippen LogP contribution in [-0.2, 0) is 19.7 Å². The first-order chi connectivity index (χ1) is 17.9. The monoisotopic (exact) mass is 625 g/mol. The number of aliphatic carboxylic acids is 1. The molecule has 0 aliphatic carbocycles. The maximum absolute atomic E-state index is 12.5. The Morgan fingerprint density at radius 3 is 2.42 bits per heavy atom. The number of hydrogen-bond donors (Lipinski definition) is 1. The van der Waals surface area contributed by atoms with Crippen molar-refractivity contribution >= 4 is 80.1 Å². The van der Waals surface area contributed by atoms with Gasteiger partial charge in [0.25, 0.3) is 16.0 Å². The molecule has 2 heterocycles. The Morgan fingerprint density at radius 2 is 1.80 bits per heavy atom. The molecule has 40 heavy (non-hydrogen) atoms. The molecule has 2 aliphatic heterocycles.